The van der Waals surface area contributed by atoms with Gasteiger partial charge in [0.2, 0.25) is 0 Å². The molecule has 0 radical (unpaired) electrons. The molecule has 2 aromatic carbocycles. The molecule has 0 fully saturated rings. The summed E-state index contributed by atoms with van der Waals surface area (Å²) in [7, 11) is 0. The quantitative estimate of drug-likeness (QED) is 0.647. The van der Waals surface area contributed by atoms with Crippen LogP contribution in [0, 0.1) is 23.3 Å². The Morgan fingerprint density at radius 2 is 1.53 bits per heavy atom. The average Bonchev–Trinajstić information content (AvgIpc) is 2.37. The van der Waals surface area contributed by atoms with Crippen LogP contribution in [-0.4, -0.2) is 0 Å². The van der Waals surface area contributed by atoms with Crippen molar-refractivity contribution in [1.82, 2.24) is 0 Å². The first kappa shape index (κ1) is 13.7. The molecule has 0 saturated carbocycles. The van der Waals surface area contributed by atoms with E-state index in [1.165, 1.54) is 18.2 Å². The largest absolute Gasteiger partial charge is 0.381 e. The maximum absolute atomic E-state index is 13.0. The Morgan fingerprint density at radius 1 is 0.895 bits per heavy atom. The van der Waals surface area contributed by atoms with Crippen molar-refractivity contribution in [3.63, 3.8) is 0 Å². The molecule has 0 saturated heterocycles. The van der Waals surface area contributed by atoms with Crippen LogP contribution in [0.25, 0.3) is 0 Å². The minimum absolute atomic E-state index is 0.0456. The standard InChI is InChI=1S/C13H8ClF4N/c14-9-3-7(1-2-10(9)15)6-19-8-4-11(16)13(18)12(17)5-8/h1-5,19H,6H2. The Morgan fingerprint density at radius 3 is 2.11 bits per heavy atom. The summed E-state index contributed by atoms with van der Waals surface area (Å²) in [6, 6.07) is 5.73. The molecule has 0 spiro atoms. The third-order valence-electron chi connectivity index (χ3n) is 2.46. The van der Waals surface area contributed by atoms with Gasteiger partial charge in [0.25, 0.3) is 0 Å². The molecule has 6 heteroatoms. The van der Waals surface area contributed by atoms with Gasteiger partial charge in [-0.25, -0.2) is 17.6 Å². The van der Waals surface area contributed by atoms with E-state index in [0.717, 1.165) is 12.1 Å². The summed E-state index contributed by atoms with van der Waals surface area (Å²) in [4.78, 5) is 0. The molecular weight excluding hydrogens is 282 g/mol. The van der Waals surface area contributed by atoms with Gasteiger partial charge >= 0.3 is 0 Å². The summed E-state index contributed by atoms with van der Waals surface area (Å²) >= 11 is 5.59. The molecule has 0 atom stereocenters. The highest BCUT2D eigenvalue weighted by atomic mass is 35.5. The predicted molar refractivity (Wildman–Crippen MR) is 65.1 cm³/mol. The molecule has 0 heterocycles. The summed E-state index contributed by atoms with van der Waals surface area (Å²) in [5.41, 5.74) is 0.702. The van der Waals surface area contributed by atoms with Crippen LogP contribution < -0.4 is 5.32 Å². The van der Waals surface area contributed by atoms with Crippen molar-refractivity contribution in [2.75, 3.05) is 5.32 Å². The zero-order valence-corrected chi connectivity index (χ0v) is 10.2. The lowest BCUT2D eigenvalue weighted by Gasteiger charge is -2.08. The van der Waals surface area contributed by atoms with Crippen molar-refractivity contribution >= 4 is 17.3 Å². The van der Waals surface area contributed by atoms with Crippen molar-refractivity contribution in [3.8, 4) is 0 Å². The van der Waals surface area contributed by atoms with Crippen molar-refractivity contribution in [3.05, 3.63) is 64.2 Å². The minimum Gasteiger partial charge on any atom is -0.381 e. The molecule has 0 unspecified atom stereocenters. The van der Waals surface area contributed by atoms with Crippen LogP contribution in [0.5, 0.6) is 0 Å². The molecule has 1 N–H and O–H groups in total. The molecule has 0 aromatic heterocycles. The molecule has 1 nitrogen and oxygen atoms in total. The lowest BCUT2D eigenvalue weighted by Crippen LogP contribution is -2.02. The fraction of sp³-hybridized carbons (Fsp3) is 0.0769. The van der Waals surface area contributed by atoms with Crippen molar-refractivity contribution in [2.24, 2.45) is 0 Å². The van der Waals surface area contributed by atoms with Crippen LogP contribution in [0.1, 0.15) is 5.56 Å². The van der Waals surface area contributed by atoms with Gasteiger partial charge in [-0.05, 0) is 17.7 Å². The van der Waals surface area contributed by atoms with E-state index in [2.05, 4.69) is 5.32 Å². The number of anilines is 1. The zero-order valence-electron chi connectivity index (χ0n) is 9.48. The third kappa shape index (κ3) is 3.17. The first-order valence-corrected chi connectivity index (χ1v) is 5.67. The average molecular weight is 290 g/mol. The number of nitrogens with one attached hydrogen (secondary N) is 1. The SMILES string of the molecule is Fc1ccc(CNc2cc(F)c(F)c(F)c2)cc1Cl. The van der Waals surface area contributed by atoms with Gasteiger partial charge in [-0.15, -0.1) is 0 Å². The molecule has 0 aliphatic rings. The lowest BCUT2D eigenvalue weighted by molar-refractivity contribution is 0.447. The summed E-state index contributed by atoms with van der Waals surface area (Å²) in [5, 5.41) is 2.64. The fourth-order valence-corrected chi connectivity index (χ4v) is 1.71. The fourth-order valence-electron chi connectivity index (χ4n) is 1.51. The summed E-state index contributed by atoms with van der Waals surface area (Å²) in [5.74, 6) is -4.63. The van der Waals surface area contributed by atoms with Crippen molar-refractivity contribution < 1.29 is 17.6 Å². The van der Waals surface area contributed by atoms with Gasteiger partial charge < -0.3 is 5.32 Å². The van der Waals surface area contributed by atoms with E-state index in [4.69, 9.17) is 11.6 Å². The van der Waals surface area contributed by atoms with E-state index >= 15 is 0 Å². The topological polar surface area (TPSA) is 12.0 Å². The number of halogens is 5. The van der Waals surface area contributed by atoms with E-state index in [9.17, 15) is 17.6 Å². The van der Waals surface area contributed by atoms with E-state index in [-0.39, 0.29) is 17.3 Å². The molecule has 2 aromatic rings. The van der Waals surface area contributed by atoms with Gasteiger partial charge in [-0.2, -0.15) is 0 Å². The van der Waals surface area contributed by atoms with E-state index < -0.39 is 23.3 Å². The van der Waals surface area contributed by atoms with E-state index in [1.807, 2.05) is 0 Å². The molecule has 2 rings (SSSR count). The highest BCUT2D eigenvalue weighted by molar-refractivity contribution is 6.30. The van der Waals surface area contributed by atoms with Gasteiger partial charge in [0, 0.05) is 24.4 Å². The smallest absolute Gasteiger partial charge is 0.194 e. The van der Waals surface area contributed by atoms with Gasteiger partial charge in [-0.1, -0.05) is 17.7 Å². The summed E-state index contributed by atoms with van der Waals surface area (Å²) in [6.07, 6.45) is 0. The first-order chi connectivity index (χ1) is 8.97. The minimum atomic E-state index is -1.52. The number of hydrogen-bond donors (Lipinski definition) is 1. The second-order valence-corrected chi connectivity index (χ2v) is 4.26. The predicted octanol–water partition coefficient (Wildman–Crippen LogP) is 4.51. The van der Waals surface area contributed by atoms with Crippen LogP contribution in [-0.2, 0) is 6.54 Å². The lowest BCUT2D eigenvalue weighted by atomic mass is 10.2. The summed E-state index contributed by atoms with van der Waals surface area (Å²) < 4.78 is 51.6. The van der Waals surface area contributed by atoms with E-state index in [0.29, 0.717) is 5.56 Å². The molecule has 0 amide bonds. The van der Waals surface area contributed by atoms with Crippen LogP contribution in [0.4, 0.5) is 23.2 Å². The van der Waals surface area contributed by atoms with E-state index in [1.54, 1.807) is 0 Å². The maximum Gasteiger partial charge on any atom is 0.194 e. The number of benzene rings is 2. The summed E-state index contributed by atoms with van der Waals surface area (Å²) in [6.45, 7) is 0.171. The Kier molecular flexibility index (Phi) is 3.95. The molecule has 100 valence electrons. The molecular formula is C13H8ClF4N. The van der Waals surface area contributed by atoms with Crippen molar-refractivity contribution in [2.45, 2.75) is 6.54 Å². The van der Waals surface area contributed by atoms with Gasteiger partial charge in [-0.3, -0.25) is 0 Å². The number of rotatable bonds is 3. The Balaban J connectivity index is 2.12. The van der Waals surface area contributed by atoms with Gasteiger partial charge in [0.1, 0.15) is 5.82 Å². The van der Waals surface area contributed by atoms with Crippen LogP contribution in [0.2, 0.25) is 5.02 Å². The second kappa shape index (κ2) is 5.48. The third-order valence-corrected chi connectivity index (χ3v) is 2.75. The molecule has 0 aliphatic heterocycles. The maximum atomic E-state index is 13.0. The monoisotopic (exact) mass is 289 g/mol. The second-order valence-electron chi connectivity index (χ2n) is 3.86. The molecule has 19 heavy (non-hydrogen) atoms. The zero-order chi connectivity index (χ0) is 14.0. The molecule has 0 aliphatic carbocycles. The van der Waals surface area contributed by atoms with Crippen molar-refractivity contribution in [1.29, 1.82) is 0 Å². The van der Waals surface area contributed by atoms with Crippen LogP contribution in [0.15, 0.2) is 30.3 Å². The highest BCUT2D eigenvalue weighted by Crippen LogP contribution is 2.20. The van der Waals surface area contributed by atoms with Gasteiger partial charge in [0.15, 0.2) is 17.5 Å². The van der Waals surface area contributed by atoms with Crippen LogP contribution in [0.3, 0.4) is 0 Å². The Labute approximate surface area is 111 Å². The molecule has 0 bridgehead atoms. The Hall–Kier alpha value is -1.75. The van der Waals surface area contributed by atoms with Gasteiger partial charge in [0.05, 0.1) is 5.02 Å². The van der Waals surface area contributed by atoms with Crippen LogP contribution >= 0.6 is 11.6 Å². The highest BCUT2D eigenvalue weighted by Gasteiger charge is 2.10. The number of hydrogen-bond acceptors (Lipinski definition) is 1. The first-order valence-electron chi connectivity index (χ1n) is 5.29. The Bertz CT molecular complexity index is 593. The normalized spacial score (nSPS) is 10.6.